The van der Waals surface area contributed by atoms with Crippen molar-refractivity contribution in [2.45, 2.75) is 65.1 Å². The molecule has 1 spiro atoms. The van der Waals surface area contributed by atoms with Crippen LogP contribution >= 0.6 is 0 Å². The number of hydrogen-bond acceptors (Lipinski definition) is 4. The molecule has 0 unspecified atom stereocenters. The fourth-order valence-corrected chi connectivity index (χ4v) is 3.21. The first-order chi connectivity index (χ1) is 9.03. The van der Waals surface area contributed by atoms with Crippen molar-refractivity contribution in [2.24, 2.45) is 5.41 Å². The maximum absolute atomic E-state index is 12.2. The molecule has 0 aromatic rings. The molecule has 0 aliphatic carbocycles. The van der Waals surface area contributed by atoms with Gasteiger partial charge in [0.2, 0.25) is 0 Å². The molecule has 2 fully saturated rings. The first-order valence-electron chi connectivity index (χ1n) is 7.25. The molecule has 0 bridgehead atoms. The van der Waals surface area contributed by atoms with Crippen molar-refractivity contribution in [3.8, 4) is 0 Å². The number of cyclic esters (lactones) is 1. The topological polar surface area (TPSA) is 55.8 Å². The van der Waals surface area contributed by atoms with E-state index in [4.69, 9.17) is 9.47 Å². The van der Waals surface area contributed by atoms with Gasteiger partial charge in [-0.25, -0.2) is 4.79 Å². The van der Waals surface area contributed by atoms with Crippen molar-refractivity contribution in [3.05, 3.63) is 0 Å². The van der Waals surface area contributed by atoms with Crippen molar-refractivity contribution in [2.75, 3.05) is 13.1 Å². The Morgan fingerprint density at radius 3 is 2.50 bits per heavy atom. The van der Waals surface area contributed by atoms with E-state index in [-0.39, 0.29) is 12.1 Å². The lowest BCUT2D eigenvalue weighted by atomic mass is 9.75. The molecule has 0 N–H and O–H groups in total. The number of likely N-dealkylation sites (tertiary alicyclic amines) is 1. The Balaban J connectivity index is 2.09. The van der Waals surface area contributed by atoms with Crippen LogP contribution in [0.4, 0.5) is 4.79 Å². The number of hydrogen-bond donors (Lipinski definition) is 0. The molecule has 5 nitrogen and oxygen atoms in total. The summed E-state index contributed by atoms with van der Waals surface area (Å²) in [6.45, 7) is 10.4. The Hall–Kier alpha value is -1.26. The van der Waals surface area contributed by atoms with Crippen LogP contribution in [0.5, 0.6) is 0 Å². The maximum atomic E-state index is 12.2. The van der Waals surface area contributed by atoms with Gasteiger partial charge in [0, 0.05) is 19.5 Å². The van der Waals surface area contributed by atoms with Crippen LogP contribution in [-0.2, 0) is 14.3 Å². The van der Waals surface area contributed by atoms with E-state index in [9.17, 15) is 9.59 Å². The minimum Gasteiger partial charge on any atom is -0.459 e. The second kappa shape index (κ2) is 4.64. The molecule has 2 heterocycles. The third-order valence-corrected chi connectivity index (χ3v) is 3.79. The second-order valence-electron chi connectivity index (χ2n) is 7.61. The first-order valence-corrected chi connectivity index (χ1v) is 7.25. The Bertz CT molecular complexity index is 424. The molecule has 2 saturated heterocycles. The lowest BCUT2D eigenvalue weighted by Gasteiger charge is -2.38. The van der Waals surface area contributed by atoms with Gasteiger partial charge in [0.25, 0.3) is 0 Å². The Morgan fingerprint density at radius 1 is 1.35 bits per heavy atom. The quantitative estimate of drug-likeness (QED) is 0.641. The Kier molecular flexibility index (Phi) is 3.51. The minimum atomic E-state index is -0.543. The van der Waals surface area contributed by atoms with Crippen molar-refractivity contribution in [3.63, 3.8) is 0 Å². The van der Waals surface area contributed by atoms with Gasteiger partial charge in [-0.1, -0.05) is 0 Å². The summed E-state index contributed by atoms with van der Waals surface area (Å²) in [5.74, 6) is -0.171. The van der Waals surface area contributed by atoms with Gasteiger partial charge in [0.05, 0.1) is 5.41 Å². The van der Waals surface area contributed by atoms with Gasteiger partial charge in [-0.3, -0.25) is 4.79 Å². The van der Waals surface area contributed by atoms with Crippen LogP contribution in [0, 0.1) is 5.41 Å². The SMILES string of the molecule is CC(C)(C)OC(=O)N1CCC[C@@]2(C1)CC(C)(C)OC2=O. The predicted molar refractivity (Wildman–Crippen MR) is 74.3 cm³/mol. The van der Waals surface area contributed by atoms with Gasteiger partial charge < -0.3 is 14.4 Å². The summed E-state index contributed by atoms with van der Waals surface area (Å²) in [6.07, 6.45) is 1.92. The molecule has 0 saturated carbocycles. The highest BCUT2D eigenvalue weighted by Gasteiger charge is 2.55. The van der Waals surface area contributed by atoms with Crippen LogP contribution in [0.15, 0.2) is 0 Å². The van der Waals surface area contributed by atoms with E-state index >= 15 is 0 Å². The van der Waals surface area contributed by atoms with Crippen molar-refractivity contribution in [1.29, 1.82) is 0 Å². The minimum absolute atomic E-state index is 0.171. The monoisotopic (exact) mass is 283 g/mol. The number of carbonyl (C=O) groups is 2. The molecule has 20 heavy (non-hydrogen) atoms. The molecule has 2 aliphatic rings. The molecule has 1 amide bonds. The number of esters is 1. The number of piperidine rings is 1. The molecule has 2 aliphatic heterocycles. The van der Waals surface area contributed by atoms with E-state index in [1.54, 1.807) is 4.90 Å². The summed E-state index contributed by atoms with van der Waals surface area (Å²) in [6, 6.07) is 0. The van der Waals surface area contributed by atoms with E-state index in [0.717, 1.165) is 12.8 Å². The van der Waals surface area contributed by atoms with Gasteiger partial charge in [0.15, 0.2) is 0 Å². The zero-order valence-electron chi connectivity index (χ0n) is 13.1. The van der Waals surface area contributed by atoms with Crippen molar-refractivity contribution in [1.82, 2.24) is 4.90 Å². The zero-order valence-corrected chi connectivity index (χ0v) is 13.1. The molecule has 0 aromatic heterocycles. The number of ether oxygens (including phenoxy) is 2. The van der Waals surface area contributed by atoms with Crippen molar-refractivity contribution >= 4 is 12.1 Å². The summed E-state index contributed by atoms with van der Waals surface area (Å²) in [5, 5.41) is 0. The molecular weight excluding hydrogens is 258 g/mol. The standard InChI is InChI=1S/C15H25NO4/c1-13(2,3)20-12(18)16-8-6-7-15(10-16)9-14(4,5)19-11(15)17/h6-10H2,1-5H3/t15-/m0/s1. The van der Waals surface area contributed by atoms with Crippen LogP contribution in [-0.4, -0.2) is 41.3 Å². The zero-order chi connectivity index (χ0) is 15.2. The van der Waals surface area contributed by atoms with E-state index in [1.165, 1.54) is 0 Å². The summed E-state index contributed by atoms with van der Waals surface area (Å²) in [5.41, 5.74) is -1.50. The fourth-order valence-electron chi connectivity index (χ4n) is 3.21. The van der Waals surface area contributed by atoms with Crippen LogP contribution in [0.3, 0.4) is 0 Å². The number of amides is 1. The molecule has 114 valence electrons. The summed E-state index contributed by atoms with van der Waals surface area (Å²) < 4.78 is 10.9. The Morgan fingerprint density at radius 2 is 2.00 bits per heavy atom. The highest BCUT2D eigenvalue weighted by molar-refractivity contribution is 5.81. The van der Waals surface area contributed by atoms with Gasteiger partial charge in [0.1, 0.15) is 11.2 Å². The average Bonchev–Trinajstić information content (AvgIpc) is 2.46. The van der Waals surface area contributed by atoms with Gasteiger partial charge in [-0.2, -0.15) is 0 Å². The summed E-state index contributed by atoms with van der Waals surface area (Å²) in [7, 11) is 0. The van der Waals surface area contributed by atoms with Crippen LogP contribution in [0.1, 0.15) is 53.9 Å². The van der Waals surface area contributed by atoms with Gasteiger partial charge in [-0.05, 0) is 47.5 Å². The third kappa shape index (κ3) is 3.07. The largest absolute Gasteiger partial charge is 0.459 e. The maximum Gasteiger partial charge on any atom is 0.410 e. The smallest absolute Gasteiger partial charge is 0.410 e. The van der Waals surface area contributed by atoms with E-state index in [2.05, 4.69) is 0 Å². The first kappa shape index (κ1) is 15.1. The van der Waals surface area contributed by atoms with Crippen LogP contribution < -0.4 is 0 Å². The van der Waals surface area contributed by atoms with Crippen LogP contribution in [0.25, 0.3) is 0 Å². The number of carbonyl (C=O) groups excluding carboxylic acids is 2. The lowest BCUT2D eigenvalue weighted by Crippen LogP contribution is -2.49. The molecule has 1 atom stereocenters. The second-order valence-corrected chi connectivity index (χ2v) is 7.61. The normalized spacial score (nSPS) is 29.4. The van der Waals surface area contributed by atoms with Crippen molar-refractivity contribution < 1.29 is 19.1 Å². The van der Waals surface area contributed by atoms with Crippen LogP contribution in [0.2, 0.25) is 0 Å². The summed E-state index contributed by atoms with van der Waals surface area (Å²) in [4.78, 5) is 26.0. The lowest BCUT2D eigenvalue weighted by molar-refractivity contribution is -0.154. The number of nitrogens with zero attached hydrogens (tertiary/aromatic N) is 1. The molecule has 0 radical (unpaired) electrons. The Labute approximate surface area is 120 Å². The highest BCUT2D eigenvalue weighted by Crippen LogP contribution is 2.46. The number of rotatable bonds is 0. The third-order valence-electron chi connectivity index (χ3n) is 3.79. The van der Waals surface area contributed by atoms with E-state index in [0.29, 0.717) is 19.5 Å². The molecule has 5 heteroatoms. The average molecular weight is 283 g/mol. The highest BCUT2D eigenvalue weighted by atomic mass is 16.6. The van der Waals surface area contributed by atoms with Gasteiger partial charge >= 0.3 is 12.1 Å². The summed E-state index contributed by atoms with van der Waals surface area (Å²) >= 11 is 0. The fraction of sp³-hybridized carbons (Fsp3) is 0.867. The molecule has 2 rings (SSSR count). The molecular formula is C15H25NO4. The van der Waals surface area contributed by atoms with Gasteiger partial charge in [-0.15, -0.1) is 0 Å². The predicted octanol–water partition coefficient (Wildman–Crippen LogP) is 2.73. The van der Waals surface area contributed by atoms with E-state index < -0.39 is 16.6 Å². The van der Waals surface area contributed by atoms with E-state index in [1.807, 2.05) is 34.6 Å². The molecule has 0 aromatic carbocycles.